The van der Waals surface area contributed by atoms with Gasteiger partial charge in [-0.3, -0.25) is 4.90 Å². The summed E-state index contributed by atoms with van der Waals surface area (Å²) in [5, 5.41) is 5.76. The molecular formula is C21H25BrFN3O. The van der Waals surface area contributed by atoms with Crippen molar-refractivity contribution in [2.45, 2.75) is 38.9 Å². The molecule has 3 rings (SSSR count). The summed E-state index contributed by atoms with van der Waals surface area (Å²) in [6.07, 6.45) is 1.84. The van der Waals surface area contributed by atoms with E-state index < -0.39 is 0 Å². The second kappa shape index (κ2) is 9.33. The molecule has 4 nitrogen and oxygen atoms in total. The summed E-state index contributed by atoms with van der Waals surface area (Å²) in [7, 11) is 0. The lowest BCUT2D eigenvalue weighted by atomic mass is 10.0. The molecule has 0 spiro atoms. The molecule has 6 heteroatoms. The number of carbonyl (C=O) groups excluding carboxylic acids is 1. The molecule has 0 radical (unpaired) electrons. The molecule has 1 heterocycles. The number of nitrogens with zero attached hydrogens (tertiary/aromatic N) is 1. The molecule has 1 fully saturated rings. The summed E-state index contributed by atoms with van der Waals surface area (Å²) in [5.74, 6) is -0.317. The normalized spacial score (nSPS) is 15.5. The van der Waals surface area contributed by atoms with Crippen molar-refractivity contribution in [2.24, 2.45) is 0 Å². The number of likely N-dealkylation sites (tertiary alicyclic amines) is 1. The summed E-state index contributed by atoms with van der Waals surface area (Å²) < 4.78 is 14.5. The van der Waals surface area contributed by atoms with Crippen molar-refractivity contribution in [3.8, 4) is 0 Å². The molecule has 0 aromatic heterocycles. The van der Waals surface area contributed by atoms with Crippen LogP contribution < -0.4 is 10.6 Å². The molecule has 1 aliphatic heterocycles. The fraction of sp³-hybridized carbons (Fsp3) is 0.381. The van der Waals surface area contributed by atoms with E-state index in [0.29, 0.717) is 5.56 Å². The molecule has 0 unspecified atom stereocenters. The fourth-order valence-electron chi connectivity index (χ4n) is 3.35. The summed E-state index contributed by atoms with van der Waals surface area (Å²) in [5.41, 5.74) is 3.14. The second-order valence-electron chi connectivity index (χ2n) is 7.04. The summed E-state index contributed by atoms with van der Waals surface area (Å²) in [6, 6.07) is 13.1. The summed E-state index contributed by atoms with van der Waals surface area (Å²) in [6.45, 7) is 5.18. The minimum Gasteiger partial charge on any atom is -0.335 e. The van der Waals surface area contributed by atoms with Crippen LogP contribution in [0.1, 0.15) is 29.5 Å². The Hall–Kier alpha value is -1.92. The monoisotopic (exact) mass is 433 g/mol. The first-order valence-electron chi connectivity index (χ1n) is 9.26. The molecule has 2 amide bonds. The van der Waals surface area contributed by atoms with E-state index in [1.54, 1.807) is 12.1 Å². The zero-order valence-electron chi connectivity index (χ0n) is 15.5. The van der Waals surface area contributed by atoms with Gasteiger partial charge in [-0.05, 0) is 49.1 Å². The highest BCUT2D eigenvalue weighted by Gasteiger charge is 2.21. The Morgan fingerprint density at radius 2 is 1.93 bits per heavy atom. The van der Waals surface area contributed by atoms with E-state index >= 15 is 0 Å². The predicted molar refractivity (Wildman–Crippen MR) is 109 cm³/mol. The van der Waals surface area contributed by atoms with Crippen LogP contribution >= 0.6 is 15.9 Å². The van der Waals surface area contributed by atoms with Crippen LogP contribution in [0.3, 0.4) is 0 Å². The Labute approximate surface area is 168 Å². The molecule has 2 aromatic carbocycles. The first-order valence-corrected chi connectivity index (χ1v) is 10.1. The number of rotatable bonds is 5. The standard InChI is InChI=1S/C21H25BrFN3O/c1-15-4-2-3-5-16(15)14-26-10-8-19(9-11-26)25-21(27)24-13-17-12-18(22)6-7-20(17)23/h2-7,12,19H,8-11,13-14H2,1H3,(H2,24,25,27). The zero-order valence-corrected chi connectivity index (χ0v) is 17.1. The van der Waals surface area contributed by atoms with Gasteiger partial charge in [-0.25, -0.2) is 9.18 Å². The van der Waals surface area contributed by atoms with Crippen LogP contribution in [0.5, 0.6) is 0 Å². The number of halogens is 2. The van der Waals surface area contributed by atoms with Gasteiger partial charge in [0.25, 0.3) is 0 Å². The second-order valence-corrected chi connectivity index (χ2v) is 7.96. The minimum atomic E-state index is -0.317. The average molecular weight is 434 g/mol. The van der Waals surface area contributed by atoms with Crippen LogP contribution in [0.15, 0.2) is 46.9 Å². The van der Waals surface area contributed by atoms with Crippen LogP contribution in [0.4, 0.5) is 9.18 Å². The van der Waals surface area contributed by atoms with Crippen molar-refractivity contribution >= 4 is 22.0 Å². The number of amides is 2. The number of nitrogens with one attached hydrogen (secondary N) is 2. The van der Waals surface area contributed by atoms with Crippen molar-refractivity contribution in [1.29, 1.82) is 0 Å². The van der Waals surface area contributed by atoms with Crippen molar-refractivity contribution in [3.63, 3.8) is 0 Å². The van der Waals surface area contributed by atoms with Gasteiger partial charge in [0.05, 0.1) is 0 Å². The molecule has 0 atom stereocenters. The van der Waals surface area contributed by atoms with E-state index in [4.69, 9.17) is 0 Å². The summed E-state index contributed by atoms with van der Waals surface area (Å²) in [4.78, 5) is 14.6. The molecule has 144 valence electrons. The van der Waals surface area contributed by atoms with Gasteiger partial charge in [0, 0.05) is 42.3 Å². The van der Waals surface area contributed by atoms with Gasteiger partial charge in [-0.2, -0.15) is 0 Å². The maximum Gasteiger partial charge on any atom is 0.315 e. The number of carbonyl (C=O) groups is 1. The van der Waals surface area contributed by atoms with E-state index in [1.165, 1.54) is 17.2 Å². The molecular weight excluding hydrogens is 409 g/mol. The lowest BCUT2D eigenvalue weighted by Gasteiger charge is -2.32. The first kappa shape index (κ1) is 19.8. The van der Waals surface area contributed by atoms with Crippen molar-refractivity contribution in [3.05, 3.63) is 69.4 Å². The van der Waals surface area contributed by atoms with Gasteiger partial charge < -0.3 is 10.6 Å². The maximum absolute atomic E-state index is 13.7. The van der Waals surface area contributed by atoms with Crippen molar-refractivity contribution in [1.82, 2.24) is 15.5 Å². The Morgan fingerprint density at radius 1 is 1.19 bits per heavy atom. The smallest absolute Gasteiger partial charge is 0.315 e. The van der Waals surface area contributed by atoms with Crippen LogP contribution in [-0.2, 0) is 13.1 Å². The number of hydrogen-bond acceptors (Lipinski definition) is 2. The third-order valence-corrected chi connectivity index (χ3v) is 5.52. The van der Waals surface area contributed by atoms with E-state index in [1.807, 2.05) is 0 Å². The lowest BCUT2D eigenvalue weighted by Crippen LogP contribution is -2.47. The lowest BCUT2D eigenvalue weighted by molar-refractivity contribution is 0.186. The highest BCUT2D eigenvalue weighted by molar-refractivity contribution is 9.10. The van der Waals surface area contributed by atoms with Gasteiger partial charge >= 0.3 is 6.03 Å². The van der Waals surface area contributed by atoms with Crippen LogP contribution in [0, 0.1) is 12.7 Å². The van der Waals surface area contributed by atoms with Gasteiger partial charge in [0.15, 0.2) is 0 Å². The molecule has 2 aromatic rings. The van der Waals surface area contributed by atoms with Crippen LogP contribution in [0.25, 0.3) is 0 Å². The molecule has 27 heavy (non-hydrogen) atoms. The van der Waals surface area contributed by atoms with Gasteiger partial charge in [0.1, 0.15) is 5.82 Å². The van der Waals surface area contributed by atoms with E-state index in [2.05, 4.69) is 62.7 Å². The molecule has 2 N–H and O–H groups in total. The quantitative estimate of drug-likeness (QED) is 0.735. The summed E-state index contributed by atoms with van der Waals surface area (Å²) >= 11 is 3.32. The Morgan fingerprint density at radius 3 is 2.67 bits per heavy atom. The van der Waals surface area contributed by atoms with E-state index in [-0.39, 0.29) is 24.4 Å². The average Bonchev–Trinajstić information content (AvgIpc) is 2.66. The molecule has 1 aliphatic rings. The van der Waals surface area contributed by atoms with E-state index in [9.17, 15) is 9.18 Å². The fourth-order valence-corrected chi connectivity index (χ4v) is 3.76. The SMILES string of the molecule is Cc1ccccc1CN1CCC(NC(=O)NCc2cc(Br)ccc2F)CC1. The number of benzene rings is 2. The molecule has 1 saturated heterocycles. The highest BCUT2D eigenvalue weighted by Crippen LogP contribution is 2.17. The molecule has 0 bridgehead atoms. The number of aryl methyl sites for hydroxylation is 1. The highest BCUT2D eigenvalue weighted by atomic mass is 79.9. The molecule has 0 saturated carbocycles. The van der Waals surface area contributed by atoms with Crippen molar-refractivity contribution < 1.29 is 9.18 Å². The predicted octanol–water partition coefficient (Wildman–Crippen LogP) is 4.36. The van der Waals surface area contributed by atoms with Gasteiger partial charge in [-0.15, -0.1) is 0 Å². The van der Waals surface area contributed by atoms with Gasteiger partial charge in [0.2, 0.25) is 0 Å². The Balaban J connectivity index is 1.41. The van der Waals surface area contributed by atoms with Gasteiger partial charge in [-0.1, -0.05) is 40.2 Å². The first-order chi connectivity index (χ1) is 13.0. The van der Waals surface area contributed by atoms with Crippen molar-refractivity contribution in [2.75, 3.05) is 13.1 Å². The topological polar surface area (TPSA) is 44.4 Å². The Kier molecular flexibility index (Phi) is 6.85. The number of urea groups is 1. The van der Waals surface area contributed by atoms with Crippen LogP contribution in [0.2, 0.25) is 0 Å². The molecule has 0 aliphatic carbocycles. The van der Waals surface area contributed by atoms with Crippen LogP contribution in [-0.4, -0.2) is 30.1 Å². The zero-order chi connectivity index (χ0) is 19.2. The number of piperidine rings is 1. The van der Waals surface area contributed by atoms with E-state index in [0.717, 1.165) is 36.9 Å². The largest absolute Gasteiger partial charge is 0.335 e. The third-order valence-electron chi connectivity index (χ3n) is 5.03. The maximum atomic E-state index is 13.7. The third kappa shape index (κ3) is 5.78. The number of hydrogen-bond donors (Lipinski definition) is 2. The minimum absolute atomic E-state index is 0.158. The Bertz CT molecular complexity index is 791.